The summed E-state index contributed by atoms with van der Waals surface area (Å²) in [6, 6.07) is 5.11. The Morgan fingerprint density at radius 2 is 2.15 bits per heavy atom. The number of thioether (sulfide) groups is 1. The Hall–Kier alpha value is -0.750. The van der Waals surface area contributed by atoms with Gasteiger partial charge in [0.25, 0.3) is 5.91 Å². The van der Waals surface area contributed by atoms with Crippen LogP contribution in [0.4, 0.5) is 0 Å². The van der Waals surface area contributed by atoms with Crippen LogP contribution in [0.5, 0.6) is 0 Å². The molecule has 1 aromatic carbocycles. The number of rotatable bonds is 4. The standard InChI is InChI=1S/C13H15Cl2N3OS/c14-11-2-1-10(12(15)7-11)8-16-17-13(19)9-18-3-5-20-6-4-18/h1-2,7-8H,3-6,9H2,(H,17,19). The lowest BCUT2D eigenvalue weighted by atomic mass is 10.2. The molecular weight excluding hydrogens is 317 g/mol. The minimum absolute atomic E-state index is 0.113. The van der Waals surface area contributed by atoms with E-state index >= 15 is 0 Å². The zero-order chi connectivity index (χ0) is 14.4. The number of hydrogen-bond acceptors (Lipinski definition) is 4. The highest BCUT2D eigenvalue weighted by molar-refractivity contribution is 7.99. The Balaban J connectivity index is 1.81. The molecule has 20 heavy (non-hydrogen) atoms. The second-order valence-corrected chi connectivity index (χ2v) is 6.42. The Morgan fingerprint density at radius 1 is 1.40 bits per heavy atom. The molecule has 1 aromatic rings. The van der Waals surface area contributed by atoms with E-state index in [2.05, 4.69) is 15.4 Å². The van der Waals surface area contributed by atoms with Crippen molar-refractivity contribution >= 4 is 47.1 Å². The third-order valence-corrected chi connectivity index (χ3v) is 4.33. The molecule has 1 heterocycles. The summed E-state index contributed by atoms with van der Waals surface area (Å²) in [6.45, 7) is 2.28. The highest BCUT2D eigenvalue weighted by Crippen LogP contribution is 2.19. The first-order valence-electron chi connectivity index (χ1n) is 6.22. The molecule has 0 spiro atoms. The zero-order valence-corrected chi connectivity index (χ0v) is 13.1. The van der Waals surface area contributed by atoms with Gasteiger partial charge in [0.05, 0.1) is 17.8 Å². The van der Waals surface area contributed by atoms with Gasteiger partial charge in [-0.15, -0.1) is 0 Å². The predicted molar refractivity (Wildman–Crippen MR) is 86.0 cm³/mol. The van der Waals surface area contributed by atoms with Gasteiger partial charge >= 0.3 is 0 Å². The second-order valence-electron chi connectivity index (χ2n) is 4.35. The molecule has 0 bridgehead atoms. The Bertz CT molecular complexity index is 504. The van der Waals surface area contributed by atoms with Gasteiger partial charge in [-0.1, -0.05) is 29.3 Å². The minimum atomic E-state index is -0.113. The predicted octanol–water partition coefficient (Wildman–Crippen LogP) is 2.49. The smallest absolute Gasteiger partial charge is 0.254 e. The van der Waals surface area contributed by atoms with Crippen LogP contribution in [-0.4, -0.2) is 48.2 Å². The summed E-state index contributed by atoms with van der Waals surface area (Å²) in [7, 11) is 0. The number of nitrogens with one attached hydrogen (secondary N) is 1. The van der Waals surface area contributed by atoms with Gasteiger partial charge in [-0.3, -0.25) is 9.69 Å². The molecule has 0 radical (unpaired) electrons. The van der Waals surface area contributed by atoms with Gasteiger partial charge in [-0.05, 0) is 12.1 Å². The molecule has 1 aliphatic rings. The maximum atomic E-state index is 11.7. The molecule has 0 unspecified atom stereocenters. The Morgan fingerprint density at radius 3 is 2.85 bits per heavy atom. The topological polar surface area (TPSA) is 44.7 Å². The fraction of sp³-hybridized carbons (Fsp3) is 0.385. The van der Waals surface area contributed by atoms with Crippen LogP contribution < -0.4 is 5.43 Å². The third-order valence-electron chi connectivity index (χ3n) is 2.83. The van der Waals surface area contributed by atoms with Crippen LogP contribution in [0.1, 0.15) is 5.56 Å². The van der Waals surface area contributed by atoms with E-state index in [1.165, 1.54) is 6.21 Å². The average molecular weight is 332 g/mol. The van der Waals surface area contributed by atoms with Gasteiger partial charge in [0.15, 0.2) is 0 Å². The molecule has 2 rings (SSSR count). The summed E-state index contributed by atoms with van der Waals surface area (Å²) in [6.07, 6.45) is 1.52. The lowest BCUT2D eigenvalue weighted by Crippen LogP contribution is -2.40. The Labute approximate surface area is 132 Å². The van der Waals surface area contributed by atoms with Gasteiger partial charge in [-0.2, -0.15) is 16.9 Å². The highest BCUT2D eigenvalue weighted by atomic mass is 35.5. The van der Waals surface area contributed by atoms with Crippen molar-refractivity contribution in [2.75, 3.05) is 31.1 Å². The molecule has 0 atom stereocenters. The van der Waals surface area contributed by atoms with Gasteiger partial charge < -0.3 is 0 Å². The number of carbonyl (C=O) groups excluding carboxylic acids is 1. The molecular formula is C13H15Cl2N3OS. The first kappa shape index (κ1) is 15.6. The number of nitrogens with zero attached hydrogens (tertiary/aromatic N) is 2. The average Bonchev–Trinajstić information content (AvgIpc) is 2.42. The van der Waals surface area contributed by atoms with Crippen LogP contribution in [-0.2, 0) is 4.79 Å². The molecule has 1 saturated heterocycles. The SMILES string of the molecule is O=C(CN1CCSCC1)NN=Cc1ccc(Cl)cc1Cl. The third kappa shape index (κ3) is 4.98. The van der Waals surface area contributed by atoms with Crippen molar-refractivity contribution in [2.24, 2.45) is 5.10 Å². The molecule has 108 valence electrons. The van der Waals surface area contributed by atoms with Gasteiger partial charge in [-0.25, -0.2) is 5.43 Å². The van der Waals surface area contributed by atoms with Crippen molar-refractivity contribution in [3.63, 3.8) is 0 Å². The van der Waals surface area contributed by atoms with E-state index < -0.39 is 0 Å². The number of benzene rings is 1. The minimum Gasteiger partial charge on any atom is -0.293 e. The lowest BCUT2D eigenvalue weighted by Gasteiger charge is -2.24. The maximum Gasteiger partial charge on any atom is 0.254 e. The summed E-state index contributed by atoms with van der Waals surface area (Å²) in [5.74, 6) is 2.05. The first-order valence-corrected chi connectivity index (χ1v) is 8.13. The van der Waals surface area contributed by atoms with Crippen molar-refractivity contribution < 1.29 is 4.79 Å². The number of halogens is 2. The summed E-state index contributed by atoms with van der Waals surface area (Å²) >= 11 is 13.7. The van der Waals surface area contributed by atoms with Crippen LogP contribution >= 0.6 is 35.0 Å². The summed E-state index contributed by atoms with van der Waals surface area (Å²) in [4.78, 5) is 13.8. The fourth-order valence-corrected chi connectivity index (χ4v) is 3.21. The molecule has 1 N–H and O–H groups in total. The van der Waals surface area contributed by atoms with E-state index in [-0.39, 0.29) is 5.91 Å². The number of hydrazone groups is 1. The normalized spacial score (nSPS) is 16.5. The number of hydrogen-bond donors (Lipinski definition) is 1. The van der Waals surface area contributed by atoms with E-state index in [0.29, 0.717) is 22.2 Å². The van der Waals surface area contributed by atoms with E-state index in [9.17, 15) is 4.79 Å². The first-order chi connectivity index (χ1) is 9.65. The van der Waals surface area contributed by atoms with E-state index in [1.54, 1.807) is 18.2 Å². The van der Waals surface area contributed by atoms with Crippen LogP contribution in [0, 0.1) is 0 Å². The van der Waals surface area contributed by atoms with Gasteiger partial charge in [0.1, 0.15) is 0 Å². The fourth-order valence-electron chi connectivity index (χ4n) is 1.78. The van der Waals surface area contributed by atoms with Gasteiger partial charge in [0, 0.05) is 35.2 Å². The van der Waals surface area contributed by atoms with Crippen LogP contribution in [0.3, 0.4) is 0 Å². The molecule has 0 aromatic heterocycles. The van der Waals surface area contributed by atoms with Crippen LogP contribution in [0.15, 0.2) is 23.3 Å². The van der Waals surface area contributed by atoms with E-state index in [0.717, 1.165) is 24.6 Å². The van der Waals surface area contributed by atoms with Crippen molar-refractivity contribution in [2.45, 2.75) is 0 Å². The Kier molecular flexibility index (Phi) is 6.16. The molecule has 1 amide bonds. The summed E-state index contributed by atoms with van der Waals surface area (Å²) in [5.41, 5.74) is 3.22. The maximum absolute atomic E-state index is 11.7. The molecule has 1 aliphatic heterocycles. The van der Waals surface area contributed by atoms with Gasteiger partial charge in [0.2, 0.25) is 0 Å². The lowest BCUT2D eigenvalue weighted by molar-refractivity contribution is -0.122. The summed E-state index contributed by atoms with van der Waals surface area (Å²) in [5, 5.41) is 4.99. The largest absolute Gasteiger partial charge is 0.293 e. The molecule has 0 aliphatic carbocycles. The molecule has 0 saturated carbocycles. The van der Waals surface area contributed by atoms with Crippen molar-refractivity contribution in [1.82, 2.24) is 10.3 Å². The highest BCUT2D eigenvalue weighted by Gasteiger charge is 2.13. The van der Waals surface area contributed by atoms with Crippen LogP contribution in [0.2, 0.25) is 10.0 Å². The van der Waals surface area contributed by atoms with Crippen molar-refractivity contribution in [3.8, 4) is 0 Å². The zero-order valence-electron chi connectivity index (χ0n) is 10.8. The number of carbonyl (C=O) groups is 1. The van der Waals surface area contributed by atoms with Crippen LogP contribution in [0.25, 0.3) is 0 Å². The number of amides is 1. The summed E-state index contributed by atoms with van der Waals surface area (Å²) < 4.78 is 0. The molecule has 4 nitrogen and oxygen atoms in total. The quantitative estimate of drug-likeness (QED) is 0.681. The van der Waals surface area contributed by atoms with Crippen molar-refractivity contribution in [3.05, 3.63) is 33.8 Å². The van der Waals surface area contributed by atoms with Crippen molar-refractivity contribution in [1.29, 1.82) is 0 Å². The van der Waals surface area contributed by atoms with E-state index in [1.807, 2.05) is 11.8 Å². The monoisotopic (exact) mass is 331 g/mol. The molecule has 1 fully saturated rings. The molecule has 7 heteroatoms. The second kappa shape index (κ2) is 7.88. The van der Waals surface area contributed by atoms with E-state index in [4.69, 9.17) is 23.2 Å².